The molecule has 1 unspecified atom stereocenters. The molecule has 4 heteroatoms. The molecule has 0 aliphatic rings. The summed E-state index contributed by atoms with van der Waals surface area (Å²) < 4.78 is 0. The lowest BCUT2D eigenvalue weighted by Gasteiger charge is -2.23. The minimum absolute atomic E-state index is 0.105. The van der Waals surface area contributed by atoms with Gasteiger partial charge in [-0.25, -0.2) is 0 Å². The number of rotatable bonds is 7. The topological polar surface area (TPSA) is 66.4 Å². The number of benzene rings is 1. The number of nitrogens with one attached hydrogen (secondary N) is 1. The summed E-state index contributed by atoms with van der Waals surface area (Å²) in [5.74, 6) is -0.539. The van der Waals surface area contributed by atoms with Crippen LogP contribution in [-0.2, 0) is 9.59 Å². The maximum absolute atomic E-state index is 12.1. The van der Waals surface area contributed by atoms with Crippen molar-refractivity contribution >= 4 is 11.9 Å². The lowest BCUT2D eigenvalue weighted by Crippen LogP contribution is -2.39. The summed E-state index contributed by atoms with van der Waals surface area (Å²) in [6, 6.07) is 9.95. The second-order valence-electron chi connectivity index (χ2n) is 6.43. The highest BCUT2D eigenvalue weighted by Gasteiger charge is 2.28. The molecule has 0 aliphatic heterocycles. The van der Waals surface area contributed by atoms with Crippen LogP contribution in [0.2, 0.25) is 0 Å². The van der Waals surface area contributed by atoms with Crippen molar-refractivity contribution in [1.82, 2.24) is 5.32 Å². The smallest absolute Gasteiger partial charge is 0.310 e. The Morgan fingerprint density at radius 3 is 2.24 bits per heavy atom. The summed E-state index contributed by atoms with van der Waals surface area (Å²) in [5, 5.41) is 11.8. The molecular weight excluding hydrogens is 266 g/mol. The molecule has 116 valence electrons. The van der Waals surface area contributed by atoms with Crippen molar-refractivity contribution in [3.8, 4) is 0 Å². The first-order chi connectivity index (χ1) is 9.74. The van der Waals surface area contributed by atoms with E-state index in [1.165, 1.54) is 0 Å². The number of hydrogen-bond donors (Lipinski definition) is 2. The molecule has 21 heavy (non-hydrogen) atoms. The van der Waals surface area contributed by atoms with Crippen LogP contribution in [0, 0.1) is 11.3 Å². The molecule has 0 spiro atoms. The van der Waals surface area contributed by atoms with Crippen LogP contribution >= 0.6 is 0 Å². The fourth-order valence-corrected chi connectivity index (χ4v) is 2.11. The molecule has 1 aromatic carbocycles. The van der Waals surface area contributed by atoms with Crippen molar-refractivity contribution in [3.63, 3.8) is 0 Å². The lowest BCUT2D eigenvalue weighted by atomic mass is 9.85. The lowest BCUT2D eigenvalue weighted by molar-refractivity contribution is -0.146. The Bertz CT molecular complexity index is 480. The van der Waals surface area contributed by atoms with Gasteiger partial charge in [-0.2, -0.15) is 0 Å². The molecule has 1 aromatic rings. The molecule has 0 aliphatic carbocycles. The Kier molecular flexibility index (Phi) is 5.94. The van der Waals surface area contributed by atoms with E-state index in [9.17, 15) is 9.59 Å². The van der Waals surface area contributed by atoms with E-state index in [2.05, 4.69) is 19.2 Å². The van der Waals surface area contributed by atoms with Gasteiger partial charge in [0.05, 0.1) is 5.41 Å². The second kappa shape index (κ2) is 7.25. The van der Waals surface area contributed by atoms with Gasteiger partial charge in [-0.05, 0) is 31.2 Å². The minimum Gasteiger partial charge on any atom is -0.481 e. The average Bonchev–Trinajstić information content (AvgIpc) is 2.43. The number of carboxylic acid groups (broad SMARTS) is 1. The monoisotopic (exact) mass is 291 g/mol. The Morgan fingerprint density at radius 1 is 1.19 bits per heavy atom. The first kappa shape index (κ1) is 17.2. The van der Waals surface area contributed by atoms with E-state index in [-0.39, 0.29) is 18.4 Å². The molecule has 0 saturated heterocycles. The summed E-state index contributed by atoms with van der Waals surface area (Å²) in [6.07, 6.45) is 0.372. The molecule has 1 amide bonds. The normalized spacial score (nSPS) is 13.0. The number of hydrogen-bond acceptors (Lipinski definition) is 2. The molecule has 0 heterocycles. The van der Waals surface area contributed by atoms with Crippen LogP contribution in [0.5, 0.6) is 0 Å². The Hall–Kier alpha value is -1.84. The summed E-state index contributed by atoms with van der Waals surface area (Å²) in [7, 11) is 0. The molecule has 0 aromatic heterocycles. The zero-order valence-electron chi connectivity index (χ0n) is 13.2. The molecular formula is C17H25NO3. The van der Waals surface area contributed by atoms with E-state index in [0.29, 0.717) is 12.3 Å². The van der Waals surface area contributed by atoms with Gasteiger partial charge < -0.3 is 10.4 Å². The van der Waals surface area contributed by atoms with E-state index in [4.69, 9.17) is 5.11 Å². The van der Waals surface area contributed by atoms with Crippen LogP contribution < -0.4 is 5.32 Å². The van der Waals surface area contributed by atoms with Gasteiger partial charge in [-0.1, -0.05) is 44.2 Å². The summed E-state index contributed by atoms with van der Waals surface area (Å²) in [5.41, 5.74) is 0.190. The molecule has 0 radical (unpaired) electrons. The maximum atomic E-state index is 12.1. The highest BCUT2D eigenvalue weighted by Crippen LogP contribution is 2.27. The van der Waals surface area contributed by atoms with Crippen LogP contribution in [0.25, 0.3) is 0 Å². The van der Waals surface area contributed by atoms with Crippen LogP contribution in [0.3, 0.4) is 0 Å². The van der Waals surface area contributed by atoms with Gasteiger partial charge in [0.25, 0.3) is 0 Å². The van der Waals surface area contributed by atoms with Crippen molar-refractivity contribution < 1.29 is 14.7 Å². The van der Waals surface area contributed by atoms with E-state index < -0.39 is 11.4 Å². The van der Waals surface area contributed by atoms with Crippen LogP contribution in [-0.4, -0.2) is 23.5 Å². The van der Waals surface area contributed by atoms with Crippen molar-refractivity contribution in [2.24, 2.45) is 11.3 Å². The number of aliphatic carboxylic acids is 1. The number of carbonyl (C=O) groups excluding carboxylic acids is 1. The Balaban J connectivity index is 2.65. The van der Waals surface area contributed by atoms with E-state index in [0.717, 1.165) is 5.56 Å². The van der Waals surface area contributed by atoms with Crippen molar-refractivity contribution in [3.05, 3.63) is 35.9 Å². The highest BCUT2D eigenvalue weighted by atomic mass is 16.4. The Labute approximate surface area is 126 Å². The zero-order chi connectivity index (χ0) is 16.0. The average molecular weight is 291 g/mol. The van der Waals surface area contributed by atoms with Gasteiger partial charge >= 0.3 is 5.97 Å². The number of amides is 1. The molecule has 0 bridgehead atoms. The predicted molar refractivity (Wildman–Crippen MR) is 83.1 cm³/mol. The standard InChI is InChI=1S/C17H25NO3/c1-12(2)14(13-8-6-5-7-9-13)10-15(19)18-11-17(3,4)16(20)21/h5-9,12,14H,10-11H2,1-4H3,(H,18,19)(H,20,21). The van der Waals surface area contributed by atoms with Gasteiger partial charge in [0.15, 0.2) is 0 Å². The molecule has 0 saturated carbocycles. The van der Waals surface area contributed by atoms with Gasteiger partial charge in [0, 0.05) is 13.0 Å². The predicted octanol–water partition coefficient (Wildman–Crippen LogP) is 3.04. The molecule has 1 rings (SSSR count). The zero-order valence-corrected chi connectivity index (χ0v) is 13.2. The van der Waals surface area contributed by atoms with E-state index in [1.54, 1.807) is 13.8 Å². The van der Waals surface area contributed by atoms with Gasteiger partial charge in [0.2, 0.25) is 5.91 Å². The van der Waals surface area contributed by atoms with E-state index >= 15 is 0 Å². The first-order valence-corrected chi connectivity index (χ1v) is 7.29. The molecule has 1 atom stereocenters. The number of carbonyl (C=O) groups is 2. The maximum Gasteiger partial charge on any atom is 0.310 e. The third kappa shape index (κ3) is 5.21. The van der Waals surface area contributed by atoms with Gasteiger partial charge in [-0.3, -0.25) is 9.59 Å². The minimum atomic E-state index is -0.949. The largest absolute Gasteiger partial charge is 0.481 e. The van der Waals surface area contributed by atoms with Gasteiger partial charge in [0.1, 0.15) is 0 Å². The second-order valence-corrected chi connectivity index (χ2v) is 6.43. The SMILES string of the molecule is CC(C)C(CC(=O)NCC(C)(C)C(=O)O)c1ccccc1. The van der Waals surface area contributed by atoms with Crippen LogP contribution in [0.15, 0.2) is 30.3 Å². The highest BCUT2D eigenvalue weighted by molar-refractivity contribution is 5.79. The fraction of sp³-hybridized carbons (Fsp3) is 0.529. The summed E-state index contributed by atoms with van der Waals surface area (Å²) in [4.78, 5) is 23.1. The van der Waals surface area contributed by atoms with Crippen LogP contribution in [0.4, 0.5) is 0 Å². The van der Waals surface area contributed by atoms with Crippen molar-refractivity contribution in [2.75, 3.05) is 6.54 Å². The van der Waals surface area contributed by atoms with Crippen LogP contribution in [0.1, 0.15) is 45.6 Å². The Morgan fingerprint density at radius 2 is 1.76 bits per heavy atom. The summed E-state index contributed by atoms with van der Waals surface area (Å²) >= 11 is 0. The van der Waals surface area contributed by atoms with E-state index in [1.807, 2.05) is 30.3 Å². The number of carboxylic acids is 1. The quantitative estimate of drug-likeness (QED) is 0.811. The molecule has 2 N–H and O–H groups in total. The fourth-order valence-electron chi connectivity index (χ4n) is 2.11. The third-order valence-corrected chi connectivity index (χ3v) is 3.74. The van der Waals surface area contributed by atoms with Crippen molar-refractivity contribution in [2.45, 2.75) is 40.0 Å². The third-order valence-electron chi connectivity index (χ3n) is 3.74. The molecule has 4 nitrogen and oxygen atoms in total. The first-order valence-electron chi connectivity index (χ1n) is 7.29. The summed E-state index contributed by atoms with van der Waals surface area (Å²) in [6.45, 7) is 7.53. The molecule has 0 fully saturated rings. The van der Waals surface area contributed by atoms with Gasteiger partial charge in [-0.15, -0.1) is 0 Å². The van der Waals surface area contributed by atoms with Crippen molar-refractivity contribution in [1.29, 1.82) is 0 Å².